The van der Waals surface area contributed by atoms with Crippen molar-refractivity contribution in [2.75, 3.05) is 0 Å². The summed E-state index contributed by atoms with van der Waals surface area (Å²) in [6, 6.07) is 23.1. The molecule has 0 saturated carbocycles. The van der Waals surface area contributed by atoms with Crippen molar-refractivity contribution in [2.24, 2.45) is 0 Å². The minimum Gasteiger partial charge on any atom is -0.334 e. The van der Waals surface area contributed by atoms with E-state index in [0.717, 1.165) is 39.9 Å². The molecule has 0 spiro atoms. The highest BCUT2D eigenvalue weighted by molar-refractivity contribution is 6.30. The largest absolute Gasteiger partial charge is 0.334 e. The predicted molar refractivity (Wildman–Crippen MR) is 141 cm³/mol. The monoisotopic (exact) mass is 498 g/mol. The van der Waals surface area contributed by atoms with Gasteiger partial charge in [-0.2, -0.15) is 4.98 Å². The summed E-state index contributed by atoms with van der Waals surface area (Å²) in [6.07, 6.45) is 0.940. The first kappa shape index (κ1) is 23.8. The maximum Gasteiger partial charge on any atom is 0.322 e. The number of carbonyl (C=O) groups is 1. The van der Waals surface area contributed by atoms with Crippen molar-refractivity contribution in [3.8, 4) is 11.4 Å². The van der Waals surface area contributed by atoms with Gasteiger partial charge in [0, 0.05) is 16.3 Å². The van der Waals surface area contributed by atoms with E-state index in [2.05, 4.69) is 29.5 Å². The number of carbonyl (C=O) groups excluding carboxylic acids is 1. The van der Waals surface area contributed by atoms with Crippen LogP contribution < -0.4 is 5.32 Å². The summed E-state index contributed by atoms with van der Waals surface area (Å²) in [4.78, 5) is 19.8. The fraction of sp³-hybridized carbons (Fsp3) is 0.207. The highest BCUT2D eigenvalue weighted by Gasteiger charge is 2.35. The average Bonchev–Trinajstić information content (AvgIpc) is 3.36. The molecule has 1 aromatic heterocycles. The van der Waals surface area contributed by atoms with Crippen LogP contribution in [-0.2, 0) is 13.0 Å². The topological polar surface area (TPSA) is 71.3 Å². The Labute approximate surface area is 215 Å². The third-order valence-electron chi connectivity index (χ3n) is 6.48. The lowest BCUT2D eigenvalue weighted by Crippen LogP contribution is -2.45. The molecule has 0 aliphatic carbocycles. The number of aromatic nitrogens is 2. The second kappa shape index (κ2) is 9.99. The zero-order valence-corrected chi connectivity index (χ0v) is 21.2. The van der Waals surface area contributed by atoms with Crippen LogP contribution in [0.4, 0.5) is 4.79 Å². The number of rotatable bonds is 6. The molecule has 2 heterocycles. The second-order valence-electron chi connectivity index (χ2n) is 8.99. The van der Waals surface area contributed by atoms with Gasteiger partial charge in [-0.05, 0) is 55.2 Å². The van der Waals surface area contributed by atoms with Crippen LogP contribution in [0.25, 0.3) is 17.0 Å². The predicted octanol–water partition coefficient (Wildman–Crippen LogP) is 6.96. The average molecular weight is 499 g/mol. The Hall–Kier alpha value is -3.90. The molecule has 0 bridgehead atoms. The third kappa shape index (κ3) is 4.77. The van der Waals surface area contributed by atoms with Gasteiger partial charge >= 0.3 is 6.03 Å². The number of halogens is 1. The van der Waals surface area contributed by atoms with Crippen molar-refractivity contribution in [3.05, 3.63) is 112 Å². The first-order valence-corrected chi connectivity index (χ1v) is 12.3. The summed E-state index contributed by atoms with van der Waals surface area (Å²) in [5.74, 6) is 0.886. The number of aryl methyl sites for hydroxylation is 2. The number of nitrogens with one attached hydrogen (secondary N) is 1. The highest BCUT2D eigenvalue weighted by Crippen LogP contribution is 2.38. The Morgan fingerprint density at radius 3 is 2.50 bits per heavy atom. The van der Waals surface area contributed by atoms with Crippen LogP contribution >= 0.6 is 11.6 Å². The maximum atomic E-state index is 13.3. The van der Waals surface area contributed by atoms with Gasteiger partial charge < -0.3 is 9.84 Å². The van der Waals surface area contributed by atoms with E-state index < -0.39 is 6.04 Å². The summed E-state index contributed by atoms with van der Waals surface area (Å²) >= 11 is 6.20. The Balaban J connectivity index is 1.59. The Morgan fingerprint density at radius 1 is 1.00 bits per heavy atom. The minimum atomic E-state index is -0.426. The smallest absolute Gasteiger partial charge is 0.322 e. The number of benzene rings is 3. The summed E-state index contributed by atoms with van der Waals surface area (Å²) in [6.45, 7) is 6.42. The second-order valence-corrected chi connectivity index (χ2v) is 9.42. The van der Waals surface area contributed by atoms with Crippen LogP contribution in [0.5, 0.6) is 0 Å². The molecule has 5 rings (SSSR count). The Kier molecular flexibility index (Phi) is 6.61. The van der Waals surface area contributed by atoms with Gasteiger partial charge in [-0.3, -0.25) is 4.90 Å². The van der Waals surface area contributed by atoms with Gasteiger partial charge in [-0.25, -0.2) is 4.79 Å². The molecule has 2 amide bonds. The fourth-order valence-corrected chi connectivity index (χ4v) is 4.71. The molecule has 6 nitrogen and oxygen atoms in total. The summed E-state index contributed by atoms with van der Waals surface area (Å²) in [7, 11) is 0. The molecule has 0 saturated heterocycles. The van der Waals surface area contributed by atoms with Gasteiger partial charge in [0.15, 0.2) is 0 Å². The van der Waals surface area contributed by atoms with E-state index in [9.17, 15) is 4.79 Å². The molecular weight excluding hydrogens is 472 g/mol. The van der Waals surface area contributed by atoms with E-state index in [1.807, 2.05) is 74.5 Å². The molecule has 1 aliphatic heterocycles. The molecule has 3 aromatic carbocycles. The lowest BCUT2D eigenvalue weighted by Gasteiger charge is -2.35. The number of nitrogens with zero attached hydrogens (tertiary/aromatic N) is 3. The highest BCUT2D eigenvalue weighted by atomic mass is 35.5. The quantitative estimate of drug-likeness (QED) is 0.312. The van der Waals surface area contributed by atoms with Crippen LogP contribution in [0.1, 0.15) is 48.0 Å². The van der Waals surface area contributed by atoms with E-state index in [4.69, 9.17) is 21.1 Å². The normalized spacial score (nSPS) is 15.8. The van der Waals surface area contributed by atoms with Gasteiger partial charge in [0.1, 0.15) is 0 Å². The van der Waals surface area contributed by atoms with Crippen LogP contribution in [0.2, 0.25) is 5.02 Å². The fourth-order valence-electron chi connectivity index (χ4n) is 4.50. The summed E-state index contributed by atoms with van der Waals surface area (Å²) < 4.78 is 5.80. The van der Waals surface area contributed by atoms with Gasteiger partial charge in [0.2, 0.25) is 5.82 Å². The van der Waals surface area contributed by atoms with Crippen LogP contribution in [0.15, 0.2) is 83.0 Å². The number of amides is 2. The van der Waals surface area contributed by atoms with Crippen molar-refractivity contribution in [1.29, 1.82) is 0 Å². The lowest BCUT2D eigenvalue weighted by molar-refractivity contribution is 0.203. The molecule has 182 valence electrons. The van der Waals surface area contributed by atoms with Crippen LogP contribution in [-0.4, -0.2) is 21.1 Å². The van der Waals surface area contributed by atoms with Crippen LogP contribution in [0.3, 0.4) is 0 Å². The first-order valence-electron chi connectivity index (χ1n) is 12.0. The van der Waals surface area contributed by atoms with E-state index in [1.54, 1.807) is 4.90 Å². The zero-order chi connectivity index (χ0) is 25.2. The Morgan fingerprint density at radius 2 is 1.78 bits per heavy atom. The van der Waals surface area contributed by atoms with E-state index in [1.165, 1.54) is 5.56 Å². The number of allylic oxidation sites excluding steroid dienone is 1. The SMILES string of the molecule is CCc1ccc(C2NC(=O)N(Cc3cccc(Cl)c3)C(C)=C2c2nc(-c3cccc(C)c3)no2)cc1. The molecule has 36 heavy (non-hydrogen) atoms. The molecule has 1 atom stereocenters. The van der Waals surface area contributed by atoms with Gasteiger partial charge in [-0.1, -0.05) is 83.8 Å². The Bertz CT molecular complexity index is 1440. The van der Waals surface area contributed by atoms with Crippen molar-refractivity contribution in [3.63, 3.8) is 0 Å². The van der Waals surface area contributed by atoms with Crippen molar-refractivity contribution < 1.29 is 9.32 Å². The number of urea groups is 1. The molecule has 1 unspecified atom stereocenters. The van der Waals surface area contributed by atoms with E-state index in [0.29, 0.717) is 23.3 Å². The number of hydrogen-bond donors (Lipinski definition) is 1. The summed E-state index contributed by atoms with van der Waals surface area (Å²) in [5.41, 5.74) is 6.62. The molecule has 7 heteroatoms. The van der Waals surface area contributed by atoms with Gasteiger partial charge in [0.05, 0.1) is 18.2 Å². The molecule has 1 aliphatic rings. The molecule has 0 radical (unpaired) electrons. The third-order valence-corrected chi connectivity index (χ3v) is 6.72. The van der Waals surface area contributed by atoms with E-state index in [-0.39, 0.29) is 6.03 Å². The lowest BCUT2D eigenvalue weighted by atomic mass is 9.93. The van der Waals surface area contributed by atoms with Crippen molar-refractivity contribution in [2.45, 2.75) is 39.8 Å². The van der Waals surface area contributed by atoms with Crippen molar-refractivity contribution in [1.82, 2.24) is 20.4 Å². The maximum absolute atomic E-state index is 13.3. The van der Waals surface area contributed by atoms with E-state index >= 15 is 0 Å². The van der Waals surface area contributed by atoms with Gasteiger partial charge in [-0.15, -0.1) is 0 Å². The summed E-state index contributed by atoms with van der Waals surface area (Å²) in [5, 5.41) is 8.05. The minimum absolute atomic E-state index is 0.195. The standard InChI is InChI=1S/C29H27ClN4O2/c1-4-20-11-13-22(14-12-20)26-25(28-32-27(33-36-28)23-9-5-7-18(2)15-23)19(3)34(29(35)31-26)17-21-8-6-10-24(30)16-21/h5-16,26H,4,17H2,1-3H3,(H,31,35). The van der Waals surface area contributed by atoms with Crippen LogP contribution in [0, 0.1) is 6.92 Å². The first-order chi connectivity index (χ1) is 17.4. The number of hydrogen-bond acceptors (Lipinski definition) is 4. The molecule has 1 N–H and O–H groups in total. The molecule has 0 fully saturated rings. The zero-order valence-electron chi connectivity index (χ0n) is 20.5. The van der Waals surface area contributed by atoms with Crippen molar-refractivity contribution >= 4 is 23.2 Å². The molecular formula is C29H27ClN4O2. The molecule has 4 aromatic rings. The van der Waals surface area contributed by atoms with Gasteiger partial charge in [0.25, 0.3) is 5.89 Å².